The Hall–Kier alpha value is -0.290. The predicted molar refractivity (Wildman–Crippen MR) is 63.0 cm³/mol. The first-order chi connectivity index (χ1) is 7.85. The molecule has 0 aromatic carbocycles. The number of hydrogen-bond acceptors (Lipinski definition) is 2. The van der Waals surface area contributed by atoms with Crippen molar-refractivity contribution in [3.8, 4) is 0 Å². The quantitative estimate of drug-likeness (QED) is 0.827. The number of hydrogen-bond donors (Lipinski definition) is 1. The molecule has 0 aromatic heterocycles. The fraction of sp³-hybridized carbons (Fsp3) is 1.00. The third-order valence-electron chi connectivity index (χ3n) is 3.74. The lowest BCUT2D eigenvalue weighted by atomic mass is 9.87. The molecule has 2 nitrogen and oxygen atoms in total. The molecule has 5 heteroatoms. The zero-order valence-electron chi connectivity index (χ0n) is 10.8. The van der Waals surface area contributed by atoms with Gasteiger partial charge >= 0.3 is 6.18 Å². The molecule has 0 aliphatic carbocycles. The number of likely N-dealkylation sites (tertiary alicyclic amines) is 1. The number of halogens is 3. The van der Waals surface area contributed by atoms with E-state index in [4.69, 9.17) is 0 Å². The second kappa shape index (κ2) is 6.05. The molecule has 1 heterocycles. The van der Waals surface area contributed by atoms with Gasteiger partial charge in [0.15, 0.2) is 0 Å². The highest BCUT2D eigenvalue weighted by Gasteiger charge is 2.38. The van der Waals surface area contributed by atoms with E-state index in [1.54, 1.807) is 4.90 Å². The Kier molecular flexibility index (Phi) is 5.25. The maximum atomic E-state index is 12.4. The van der Waals surface area contributed by atoms with Gasteiger partial charge in [0, 0.05) is 18.6 Å². The van der Waals surface area contributed by atoms with Crippen LogP contribution in [0, 0.1) is 5.92 Å². The van der Waals surface area contributed by atoms with Gasteiger partial charge in [-0.2, -0.15) is 13.2 Å². The van der Waals surface area contributed by atoms with Crippen LogP contribution in [0.5, 0.6) is 0 Å². The van der Waals surface area contributed by atoms with Gasteiger partial charge in [-0.3, -0.25) is 4.90 Å². The van der Waals surface area contributed by atoms with Gasteiger partial charge in [0.05, 0.1) is 6.54 Å². The standard InChI is InChI=1S/C12H23F3N2/c1-4-6-16-11-5-7-17(8-12(13,14)15)10(3)9(11)2/h9-11,16H,4-8H2,1-3H3. The van der Waals surface area contributed by atoms with Crippen LogP contribution in [0.4, 0.5) is 13.2 Å². The van der Waals surface area contributed by atoms with Gasteiger partial charge in [0.1, 0.15) is 0 Å². The minimum Gasteiger partial charge on any atom is -0.314 e. The highest BCUT2D eigenvalue weighted by Crippen LogP contribution is 2.27. The second-order valence-electron chi connectivity index (χ2n) is 5.03. The van der Waals surface area contributed by atoms with Gasteiger partial charge in [0.2, 0.25) is 0 Å². The average molecular weight is 252 g/mol. The van der Waals surface area contributed by atoms with Crippen LogP contribution in [-0.2, 0) is 0 Å². The molecule has 1 aliphatic heterocycles. The second-order valence-corrected chi connectivity index (χ2v) is 5.03. The van der Waals surface area contributed by atoms with E-state index in [1.165, 1.54) is 0 Å². The Morgan fingerprint density at radius 1 is 1.29 bits per heavy atom. The van der Waals surface area contributed by atoms with E-state index in [-0.39, 0.29) is 12.0 Å². The van der Waals surface area contributed by atoms with Crippen molar-refractivity contribution in [3.63, 3.8) is 0 Å². The lowest BCUT2D eigenvalue weighted by Gasteiger charge is -2.43. The summed E-state index contributed by atoms with van der Waals surface area (Å²) in [4.78, 5) is 1.55. The molecule has 0 aromatic rings. The van der Waals surface area contributed by atoms with Crippen LogP contribution in [0.2, 0.25) is 0 Å². The lowest BCUT2D eigenvalue weighted by Crippen LogP contribution is -2.55. The maximum Gasteiger partial charge on any atom is 0.401 e. The minimum atomic E-state index is -4.09. The Bertz CT molecular complexity index is 230. The van der Waals surface area contributed by atoms with E-state index in [1.807, 2.05) is 13.8 Å². The first kappa shape index (κ1) is 14.8. The molecule has 0 amide bonds. The van der Waals surface area contributed by atoms with Crippen molar-refractivity contribution in [1.82, 2.24) is 10.2 Å². The molecule has 3 unspecified atom stereocenters. The molecule has 0 radical (unpaired) electrons. The Labute approximate surface area is 102 Å². The first-order valence-corrected chi connectivity index (χ1v) is 6.39. The van der Waals surface area contributed by atoms with Gasteiger partial charge in [-0.1, -0.05) is 13.8 Å². The van der Waals surface area contributed by atoms with Gasteiger partial charge < -0.3 is 5.32 Å². The number of piperidine rings is 1. The lowest BCUT2D eigenvalue weighted by molar-refractivity contribution is -0.156. The zero-order valence-corrected chi connectivity index (χ0v) is 10.8. The van der Waals surface area contributed by atoms with Crippen molar-refractivity contribution in [3.05, 3.63) is 0 Å². The monoisotopic (exact) mass is 252 g/mol. The summed E-state index contributed by atoms with van der Waals surface area (Å²) >= 11 is 0. The van der Waals surface area contributed by atoms with Crippen LogP contribution in [0.25, 0.3) is 0 Å². The summed E-state index contributed by atoms with van der Waals surface area (Å²) in [5, 5.41) is 3.43. The van der Waals surface area contributed by atoms with E-state index < -0.39 is 12.7 Å². The van der Waals surface area contributed by atoms with Crippen LogP contribution in [0.3, 0.4) is 0 Å². The summed E-state index contributed by atoms with van der Waals surface area (Å²) in [5.41, 5.74) is 0. The van der Waals surface area contributed by atoms with E-state index in [2.05, 4.69) is 12.2 Å². The Balaban J connectivity index is 2.50. The Morgan fingerprint density at radius 2 is 1.94 bits per heavy atom. The van der Waals surface area contributed by atoms with Gasteiger partial charge in [0.25, 0.3) is 0 Å². The summed E-state index contributed by atoms with van der Waals surface area (Å²) in [7, 11) is 0. The number of nitrogens with one attached hydrogen (secondary N) is 1. The molecular formula is C12H23F3N2. The maximum absolute atomic E-state index is 12.4. The molecule has 1 fully saturated rings. The van der Waals surface area contributed by atoms with E-state index >= 15 is 0 Å². The van der Waals surface area contributed by atoms with Crippen LogP contribution in [-0.4, -0.2) is 42.8 Å². The number of nitrogens with zero attached hydrogens (tertiary/aromatic N) is 1. The molecule has 0 spiro atoms. The largest absolute Gasteiger partial charge is 0.401 e. The van der Waals surface area contributed by atoms with Gasteiger partial charge in [-0.05, 0) is 32.2 Å². The van der Waals surface area contributed by atoms with Crippen LogP contribution in [0.15, 0.2) is 0 Å². The van der Waals surface area contributed by atoms with Crippen molar-refractivity contribution in [2.24, 2.45) is 5.92 Å². The molecule has 0 saturated carbocycles. The molecule has 1 aliphatic rings. The summed E-state index contributed by atoms with van der Waals surface area (Å²) in [6.45, 7) is 6.74. The topological polar surface area (TPSA) is 15.3 Å². The van der Waals surface area contributed by atoms with Gasteiger partial charge in [-0.25, -0.2) is 0 Å². The van der Waals surface area contributed by atoms with Crippen molar-refractivity contribution < 1.29 is 13.2 Å². The predicted octanol–water partition coefficient (Wildman–Crippen LogP) is 2.65. The van der Waals surface area contributed by atoms with Crippen LogP contribution < -0.4 is 5.32 Å². The molecular weight excluding hydrogens is 229 g/mol. The van der Waals surface area contributed by atoms with Crippen LogP contribution in [0.1, 0.15) is 33.6 Å². The number of rotatable bonds is 4. The van der Waals surface area contributed by atoms with Crippen molar-refractivity contribution in [1.29, 1.82) is 0 Å². The number of alkyl halides is 3. The van der Waals surface area contributed by atoms with Crippen molar-refractivity contribution >= 4 is 0 Å². The molecule has 1 saturated heterocycles. The highest BCUT2D eigenvalue weighted by atomic mass is 19.4. The normalized spacial score (nSPS) is 31.8. The van der Waals surface area contributed by atoms with Crippen molar-refractivity contribution in [2.45, 2.75) is 51.9 Å². The van der Waals surface area contributed by atoms with Gasteiger partial charge in [-0.15, -0.1) is 0 Å². The summed E-state index contributed by atoms with van der Waals surface area (Å²) < 4.78 is 37.1. The highest BCUT2D eigenvalue weighted by molar-refractivity contribution is 4.89. The van der Waals surface area contributed by atoms with E-state index in [9.17, 15) is 13.2 Å². The fourth-order valence-corrected chi connectivity index (χ4v) is 2.51. The molecule has 0 bridgehead atoms. The van der Waals surface area contributed by atoms with Crippen molar-refractivity contribution in [2.75, 3.05) is 19.6 Å². The average Bonchev–Trinajstić information content (AvgIpc) is 2.22. The first-order valence-electron chi connectivity index (χ1n) is 6.39. The zero-order chi connectivity index (χ0) is 13.1. The van der Waals surface area contributed by atoms with E-state index in [0.717, 1.165) is 19.4 Å². The minimum absolute atomic E-state index is 0.0141. The summed E-state index contributed by atoms with van der Waals surface area (Å²) in [6.07, 6.45) is -2.22. The third kappa shape index (κ3) is 4.47. The molecule has 17 heavy (non-hydrogen) atoms. The van der Waals surface area contributed by atoms with E-state index in [0.29, 0.717) is 12.6 Å². The third-order valence-corrected chi connectivity index (χ3v) is 3.74. The van der Waals surface area contributed by atoms with Crippen LogP contribution >= 0.6 is 0 Å². The summed E-state index contributed by atoms with van der Waals surface area (Å²) in [6, 6.07) is 0.342. The Morgan fingerprint density at radius 3 is 2.47 bits per heavy atom. The molecule has 3 atom stereocenters. The smallest absolute Gasteiger partial charge is 0.314 e. The SMILES string of the molecule is CCCNC1CCN(CC(F)(F)F)C(C)C1C. The molecule has 1 N–H and O–H groups in total. The summed E-state index contributed by atoms with van der Waals surface area (Å²) in [5.74, 6) is 0.262. The fourth-order valence-electron chi connectivity index (χ4n) is 2.51. The molecule has 1 rings (SSSR count). The molecule has 102 valence electrons.